The monoisotopic (exact) mass is 341 g/mol. The van der Waals surface area contributed by atoms with Crippen LogP contribution < -0.4 is 10.1 Å². The SMILES string of the molecule is Cc1csc(Nc2cc(Oc3cccc(C(=O)O)c3C)ccn2)n1. The number of nitrogens with one attached hydrogen (secondary N) is 1. The quantitative estimate of drug-likeness (QED) is 0.716. The van der Waals surface area contributed by atoms with Crippen LogP contribution in [-0.4, -0.2) is 21.0 Å². The molecule has 0 aliphatic rings. The van der Waals surface area contributed by atoms with Gasteiger partial charge in [-0.25, -0.2) is 14.8 Å². The zero-order valence-corrected chi connectivity index (χ0v) is 13.9. The van der Waals surface area contributed by atoms with E-state index >= 15 is 0 Å². The summed E-state index contributed by atoms with van der Waals surface area (Å²) in [7, 11) is 0. The summed E-state index contributed by atoms with van der Waals surface area (Å²) in [5.41, 5.74) is 1.74. The molecule has 24 heavy (non-hydrogen) atoms. The first-order valence-electron chi connectivity index (χ1n) is 7.19. The third-order valence-corrected chi connectivity index (χ3v) is 4.20. The first-order chi connectivity index (χ1) is 11.5. The number of thiazole rings is 1. The second-order valence-electron chi connectivity index (χ2n) is 5.13. The lowest BCUT2D eigenvalue weighted by Crippen LogP contribution is -2.01. The van der Waals surface area contributed by atoms with Gasteiger partial charge < -0.3 is 15.2 Å². The molecule has 2 N–H and O–H groups in total. The van der Waals surface area contributed by atoms with Gasteiger partial charge in [-0.2, -0.15) is 0 Å². The van der Waals surface area contributed by atoms with E-state index < -0.39 is 5.97 Å². The third-order valence-electron chi connectivity index (χ3n) is 3.33. The second-order valence-corrected chi connectivity index (χ2v) is 5.99. The molecule has 0 unspecified atom stereocenters. The van der Waals surface area contributed by atoms with E-state index in [0.717, 1.165) is 10.8 Å². The summed E-state index contributed by atoms with van der Waals surface area (Å²) in [6.45, 7) is 3.64. The highest BCUT2D eigenvalue weighted by Crippen LogP contribution is 2.29. The van der Waals surface area contributed by atoms with E-state index in [2.05, 4.69) is 15.3 Å². The molecule has 7 heteroatoms. The van der Waals surface area contributed by atoms with Crippen LogP contribution in [0.15, 0.2) is 41.9 Å². The molecule has 2 aromatic heterocycles. The number of aryl methyl sites for hydroxylation is 1. The van der Waals surface area contributed by atoms with Crippen LogP contribution >= 0.6 is 11.3 Å². The fourth-order valence-electron chi connectivity index (χ4n) is 2.15. The van der Waals surface area contributed by atoms with E-state index in [0.29, 0.717) is 22.9 Å². The van der Waals surface area contributed by atoms with Crippen LogP contribution in [0.4, 0.5) is 10.9 Å². The second kappa shape index (κ2) is 6.67. The lowest BCUT2D eigenvalue weighted by Gasteiger charge is -2.11. The Bertz CT molecular complexity index is 892. The molecule has 6 nitrogen and oxygen atoms in total. The van der Waals surface area contributed by atoms with Gasteiger partial charge in [0.15, 0.2) is 5.13 Å². The van der Waals surface area contributed by atoms with Crippen molar-refractivity contribution in [3.8, 4) is 11.5 Å². The van der Waals surface area contributed by atoms with Crippen LogP contribution in [-0.2, 0) is 0 Å². The number of pyridine rings is 1. The number of carbonyl (C=O) groups is 1. The summed E-state index contributed by atoms with van der Waals surface area (Å²) in [6.07, 6.45) is 1.62. The number of hydrogen-bond acceptors (Lipinski definition) is 6. The molecule has 0 bridgehead atoms. The van der Waals surface area contributed by atoms with Crippen LogP contribution in [0.25, 0.3) is 0 Å². The Morgan fingerprint density at radius 3 is 2.83 bits per heavy atom. The average Bonchev–Trinajstić information content (AvgIpc) is 2.94. The Morgan fingerprint density at radius 1 is 1.29 bits per heavy atom. The van der Waals surface area contributed by atoms with E-state index in [9.17, 15) is 9.90 Å². The minimum atomic E-state index is -0.978. The number of hydrogen-bond donors (Lipinski definition) is 2. The van der Waals surface area contributed by atoms with Crippen molar-refractivity contribution in [3.63, 3.8) is 0 Å². The highest BCUT2D eigenvalue weighted by molar-refractivity contribution is 7.13. The molecule has 0 saturated heterocycles. The minimum absolute atomic E-state index is 0.221. The molecule has 0 radical (unpaired) electrons. The van der Waals surface area contributed by atoms with Gasteiger partial charge in [0.05, 0.1) is 11.3 Å². The summed E-state index contributed by atoms with van der Waals surface area (Å²) >= 11 is 1.49. The molecule has 122 valence electrons. The van der Waals surface area contributed by atoms with Crippen molar-refractivity contribution in [1.82, 2.24) is 9.97 Å². The summed E-state index contributed by atoms with van der Waals surface area (Å²) in [5.74, 6) is 0.687. The molecule has 0 amide bonds. The van der Waals surface area contributed by atoms with Crippen LogP contribution in [0.3, 0.4) is 0 Å². The summed E-state index contributed by atoms with van der Waals surface area (Å²) in [4.78, 5) is 19.8. The van der Waals surface area contributed by atoms with Crippen molar-refractivity contribution >= 4 is 28.3 Å². The number of carboxylic acids is 1. The molecule has 3 aromatic rings. The van der Waals surface area contributed by atoms with E-state index in [1.807, 2.05) is 12.3 Å². The molecular formula is C17H15N3O3S. The molecule has 0 aliphatic heterocycles. The van der Waals surface area contributed by atoms with Gasteiger partial charge in [0, 0.05) is 23.2 Å². The van der Waals surface area contributed by atoms with Crippen LogP contribution in [0.1, 0.15) is 21.6 Å². The van der Waals surface area contributed by atoms with E-state index in [1.54, 1.807) is 43.5 Å². The predicted octanol–water partition coefficient (Wildman–Crippen LogP) is 4.39. The smallest absolute Gasteiger partial charge is 0.336 e. The molecule has 0 aliphatic carbocycles. The zero-order chi connectivity index (χ0) is 17.1. The summed E-state index contributed by atoms with van der Waals surface area (Å²) in [6, 6.07) is 8.40. The van der Waals surface area contributed by atoms with Gasteiger partial charge in [-0.05, 0) is 32.0 Å². The van der Waals surface area contributed by atoms with Gasteiger partial charge in [0.2, 0.25) is 0 Å². The topological polar surface area (TPSA) is 84.3 Å². The molecule has 0 atom stereocenters. The summed E-state index contributed by atoms with van der Waals surface area (Å²) in [5, 5.41) is 15.0. The predicted molar refractivity (Wildman–Crippen MR) is 92.6 cm³/mol. The normalized spacial score (nSPS) is 10.4. The van der Waals surface area contributed by atoms with Crippen molar-refractivity contribution in [3.05, 3.63) is 58.7 Å². The Hall–Kier alpha value is -2.93. The van der Waals surface area contributed by atoms with Crippen LogP contribution in [0.2, 0.25) is 0 Å². The van der Waals surface area contributed by atoms with E-state index in [-0.39, 0.29) is 5.56 Å². The van der Waals surface area contributed by atoms with Gasteiger partial charge in [0.1, 0.15) is 17.3 Å². The lowest BCUT2D eigenvalue weighted by molar-refractivity contribution is 0.0695. The van der Waals surface area contributed by atoms with Gasteiger partial charge >= 0.3 is 5.97 Å². The molecule has 2 heterocycles. The van der Waals surface area contributed by atoms with E-state index in [1.165, 1.54) is 11.3 Å². The molecule has 3 rings (SSSR count). The van der Waals surface area contributed by atoms with Gasteiger partial charge in [-0.3, -0.25) is 0 Å². The van der Waals surface area contributed by atoms with Gasteiger partial charge in [0.25, 0.3) is 0 Å². The molecular weight excluding hydrogens is 326 g/mol. The van der Waals surface area contributed by atoms with Crippen molar-refractivity contribution < 1.29 is 14.6 Å². The Morgan fingerprint density at radius 2 is 2.12 bits per heavy atom. The minimum Gasteiger partial charge on any atom is -0.478 e. The first-order valence-corrected chi connectivity index (χ1v) is 8.07. The molecule has 1 aromatic carbocycles. The zero-order valence-electron chi connectivity index (χ0n) is 13.1. The van der Waals surface area contributed by atoms with E-state index in [4.69, 9.17) is 4.74 Å². The molecule has 0 fully saturated rings. The fraction of sp³-hybridized carbons (Fsp3) is 0.118. The number of carboxylic acid groups (broad SMARTS) is 1. The van der Waals surface area contributed by atoms with Gasteiger partial charge in [-0.15, -0.1) is 11.3 Å². The maximum Gasteiger partial charge on any atom is 0.336 e. The summed E-state index contributed by atoms with van der Waals surface area (Å²) < 4.78 is 5.82. The number of nitrogens with zero attached hydrogens (tertiary/aromatic N) is 2. The van der Waals surface area contributed by atoms with Crippen molar-refractivity contribution in [2.75, 3.05) is 5.32 Å². The van der Waals surface area contributed by atoms with Crippen molar-refractivity contribution in [2.24, 2.45) is 0 Å². The van der Waals surface area contributed by atoms with Crippen LogP contribution in [0.5, 0.6) is 11.5 Å². The van der Waals surface area contributed by atoms with Crippen molar-refractivity contribution in [2.45, 2.75) is 13.8 Å². The maximum absolute atomic E-state index is 11.2. The average molecular weight is 341 g/mol. The maximum atomic E-state index is 11.2. The molecule has 0 spiro atoms. The first kappa shape index (κ1) is 15.9. The number of aromatic nitrogens is 2. The van der Waals surface area contributed by atoms with Gasteiger partial charge in [-0.1, -0.05) is 6.07 Å². The lowest BCUT2D eigenvalue weighted by atomic mass is 10.1. The number of anilines is 2. The van der Waals surface area contributed by atoms with Crippen molar-refractivity contribution in [1.29, 1.82) is 0 Å². The highest BCUT2D eigenvalue weighted by atomic mass is 32.1. The number of aromatic carboxylic acids is 1. The standard InChI is InChI=1S/C17H15N3O3S/c1-10-9-24-17(19-10)20-15-8-12(6-7-18-15)23-14-5-3-4-13(11(14)2)16(21)22/h3-9H,1-2H3,(H,21,22)(H,18,19,20). The number of ether oxygens (including phenoxy) is 1. The fourth-order valence-corrected chi connectivity index (χ4v) is 2.84. The van der Waals surface area contributed by atoms with Crippen LogP contribution in [0, 0.1) is 13.8 Å². The highest BCUT2D eigenvalue weighted by Gasteiger charge is 2.12. The Labute approximate surface area is 142 Å². The molecule has 0 saturated carbocycles. The Balaban J connectivity index is 1.82. The largest absolute Gasteiger partial charge is 0.478 e. The third kappa shape index (κ3) is 3.52. The number of benzene rings is 1. The Kier molecular flexibility index (Phi) is 4.43. The number of rotatable bonds is 5.